The van der Waals surface area contributed by atoms with E-state index in [9.17, 15) is 4.79 Å². The molecule has 0 N–H and O–H groups in total. The molecule has 29 heavy (non-hydrogen) atoms. The molecule has 1 aromatic heterocycles. The maximum Gasteiger partial charge on any atom is 0.261 e. The Morgan fingerprint density at radius 3 is 2.86 bits per heavy atom. The van der Waals surface area contributed by atoms with E-state index in [0.717, 1.165) is 35.5 Å². The largest absolute Gasteiger partial charge is 0.490 e. The maximum absolute atomic E-state index is 12.9. The SMILES string of the molecule is CCCOc1c(/C=C2\CCn3c2nc2cc(Cl)ccc2c3=O)cccc1OCC. The molecule has 6 heteroatoms. The molecule has 4 rings (SSSR count). The normalized spacial score (nSPS) is 14.4. The van der Waals surface area contributed by atoms with Crippen LogP contribution in [0.15, 0.2) is 41.2 Å². The number of hydrogen-bond acceptors (Lipinski definition) is 4. The van der Waals surface area contributed by atoms with E-state index in [0.29, 0.717) is 41.5 Å². The van der Waals surface area contributed by atoms with E-state index in [2.05, 4.69) is 13.0 Å². The van der Waals surface area contributed by atoms with Gasteiger partial charge in [0.05, 0.1) is 24.1 Å². The van der Waals surface area contributed by atoms with E-state index >= 15 is 0 Å². The Labute approximate surface area is 174 Å². The number of nitrogens with zero attached hydrogens (tertiary/aromatic N) is 2. The van der Waals surface area contributed by atoms with E-state index in [4.69, 9.17) is 26.1 Å². The van der Waals surface area contributed by atoms with Crippen molar-refractivity contribution in [3.63, 3.8) is 0 Å². The highest BCUT2D eigenvalue weighted by Gasteiger charge is 2.22. The number of fused-ring (bicyclic) bond motifs is 2. The zero-order valence-electron chi connectivity index (χ0n) is 16.6. The van der Waals surface area contributed by atoms with Crippen molar-refractivity contribution in [3.8, 4) is 11.5 Å². The van der Waals surface area contributed by atoms with Gasteiger partial charge in [0.1, 0.15) is 5.82 Å². The van der Waals surface area contributed by atoms with Crippen LogP contribution in [-0.4, -0.2) is 22.8 Å². The van der Waals surface area contributed by atoms with Crippen LogP contribution in [0.5, 0.6) is 11.5 Å². The van der Waals surface area contributed by atoms with Crippen LogP contribution >= 0.6 is 11.6 Å². The lowest BCUT2D eigenvalue weighted by Crippen LogP contribution is -2.20. The molecule has 0 fully saturated rings. The van der Waals surface area contributed by atoms with Crippen LogP contribution in [0.25, 0.3) is 22.6 Å². The molecule has 1 aliphatic rings. The molecular weight excluding hydrogens is 388 g/mol. The Morgan fingerprint density at radius 1 is 1.21 bits per heavy atom. The fraction of sp³-hybridized carbons (Fsp3) is 0.304. The second-order valence-corrected chi connectivity index (χ2v) is 7.37. The van der Waals surface area contributed by atoms with Gasteiger partial charge in [-0.2, -0.15) is 0 Å². The zero-order valence-corrected chi connectivity index (χ0v) is 17.3. The van der Waals surface area contributed by atoms with Gasteiger partial charge in [0.2, 0.25) is 0 Å². The van der Waals surface area contributed by atoms with Gasteiger partial charge in [0.15, 0.2) is 11.5 Å². The summed E-state index contributed by atoms with van der Waals surface area (Å²) in [5.74, 6) is 2.14. The first-order chi connectivity index (χ1) is 14.1. The smallest absolute Gasteiger partial charge is 0.261 e. The highest BCUT2D eigenvalue weighted by Crippen LogP contribution is 2.36. The first kappa shape index (κ1) is 19.5. The van der Waals surface area contributed by atoms with Crippen molar-refractivity contribution < 1.29 is 9.47 Å². The van der Waals surface area contributed by atoms with Crippen molar-refractivity contribution in [2.45, 2.75) is 33.2 Å². The lowest BCUT2D eigenvalue weighted by molar-refractivity contribution is 0.276. The topological polar surface area (TPSA) is 53.4 Å². The van der Waals surface area contributed by atoms with Crippen molar-refractivity contribution >= 4 is 34.2 Å². The monoisotopic (exact) mass is 410 g/mol. The molecule has 0 amide bonds. The molecule has 0 atom stereocenters. The van der Waals surface area contributed by atoms with Gasteiger partial charge in [0, 0.05) is 17.1 Å². The highest BCUT2D eigenvalue weighted by atomic mass is 35.5. The van der Waals surface area contributed by atoms with Crippen LogP contribution in [0.1, 0.15) is 38.1 Å². The standard InChI is InChI=1S/C23H23ClN2O3/c1-3-12-29-21-15(6-5-7-20(21)28-4-2)13-16-10-11-26-22(16)25-19-14-17(24)8-9-18(19)23(26)27/h5-9,13-14H,3-4,10-12H2,1-2H3/b16-13+. The number of ether oxygens (including phenoxy) is 2. The predicted molar refractivity (Wildman–Crippen MR) is 117 cm³/mol. The maximum atomic E-state index is 12.9. The first-order valence-corrected chi connectivity index (χ1v) is 10.3. The Hall–Kier alpha value is -2.79. The summed E-state index contributed by atoms with van der Waals surface area (Å²) in [6, 6.07) is 11.1. The lowest BCUT2D eigenvalue weighted by Gasteiger charge is -2.14. The van der Waals surface area contributed by atoms with Crippen LogP contribution in [0.2, 0.25) is 5.02 Å². The fourth-order valence-corrected chi connectivity index (χ4v) is 3.76. The van der Waals surface area contributed by atoms with Crippen molar-refractivity contribution in [2.75, 3.05) is 13.2 Å². The number of benzene rings is 2. The predicted octanol–water partition coefficient (Wildman–Crippen LogP) is 5.18. The van der Waals surface area contributed by atoms with Crippen LogP contribution in [0, 0.1) is 0 Å². The summed E-state index contributed by atoms with van der Waals surface area (Å²) >= 11 is 6.11. The summed E-state index contributed by atoms with van der Waals surface area (Å²) < 4.78 is 13.5. The van der Waals surface area contributed by atoms with Gasteiger partial charge >= 0.3 is 0 Å². The van der Waals surface area contributed by atoms with Crippen LogP contribution in [0.4, 0.5) is 0 Å². The Bertz CT molecular complexity index is 1150. The molecular formula is C23H23ClN2O3. The number of para-hydroxylation sites is 1. The molecule has 0 bridgehead atoms. The van der Waals surface area contributed by atoms with E-state index < -0.39 is 0 Å². The Kier molecular flexibility index (Phi) is 5.58. The van der Waals surface area contributed by atoms with Crippen molar-refractivity contribution in [2.24, 2.45) is 0 Å². The molecule has 150 valence electrons. The first-order valence-electron chi connectivity index (χ1n) is 9.92. The third kappa shape index (κ3) is 3.75. The summed E-state index contributed by atoms with van der Waals surface area (Å²) in [5.41, 5.74) is 2.51. The van der Waals surface area contributed by atoms with Crippen molar-refractivity contribution in [1.82, 2.24) is 9.55 Å². The second-order valence-electron chi connectivity index (χ2n) is 6.93. The van der Waals surface area contributed by atoms with Crippen LogP contribution in [0.3, 0.4) is 0 Å². The summed E-state index contributed by atoms with van der Waals surface area (Å²) in [6.07, 6.45) is 3.69. The average Bonchev–Trinajstić information content (AvgIpc) is 3.10. The summed E-state index contributed by atoms with van der Waals surface area (Å²) in [4.78, 5) is 17.6. The van der Waals surface area contributed by atoms with Gasteiger partial charge in [0.25, 0.3) is 5.56 Å². The quantitative estimate of drug-likeness (QED) is 0.561. The molecule has 5 nitrogen and oxygen atoms in total. The van der Waals surface area contributed by atoms with Gasteiger partial charge < -0.3 is 9.47 Å². The Balaban J connectivity index is 1.83. The number of hydrogen-bond donors (Lipinski definition) is 0. The summed E-state index contributed by atoms with van der Waals surface area (Å²) in [5, 5.41) is 1.15. The fourth-order valence-electron chi connectivity index (χ4n) is 3.59. The van der Waals surface area contributed by atoms with Gasteiger partial charge in [-0.3, -0.25) is 9.36 Å². The van der Waals surface area contributed by atoms with Crippen molar-refractivity contribution in [1.29, 1.82) is 0 Å². The molecule has 3 aromatic rings. The van der Waals surface area contributed by atoms with Crippen LogP contribution < -0.4 is 15.0 Å². The van der Waals surface area contributed by atoms with E-state index in [1.54, 1.807) is 22.8 Å². The molecule has 0 radical (unpaired) electrons. The molecule has 0 aliphatic carbocycles. The molecule has 2 heterocycles. The molecule has 0 saturated heterocycles. The van der Waals surface area contributed by atoms with E-state index in [1.807, 2.05) is 25.1 Å². The summed E-state index contributed by atoms with van der Waals surface area (Å²) in [7, 11) is 0. The lowest BCUT2D eigenvalue weighted by atomic mass is 10.1. The average molecular weight is 411 g/mol. The summed E-state index contributed by atoms with van der Waals surface area (Å²) in [6.45, 7) is 5.81. The molecule has 0 spiro atoms. The Morgan fingerprint density at radius 2 is 2.07 bits per heavy atom. The molecule has 0 unspecified atom stereocenters. The van der Waals surface area contributed by atoms with E-state index in [1.165, 1.54) is 0 Å². The molecule has 1 aliphatic heterocycles. The minimum absolute atomic E-state index is 0.0319. The minimum Gasteiger partial charge on any atom is -0.490 e. The van der Waals surface area contributed by atoms with E-state index in [-0.39, 0.29) is 5.56 Å². The minimum atomic E-state index is -0.0319. The van der Waals surface area contributed by atoms with Gasteiger partial charge in [-0.1, -0.05) is 30.7 Å². The molecule has 0 saturated carbocycles. The zero-order chi connectivity index (χ0) is 20.4. The highest BCUT2D eigenvalue weighted by molar-refractivity contribution is 6.31. The van der Waals surface area contributed by atoms with Gasteiger partial charge in [-0.15, -0.1) is 0 Å². The van der Waals surface area contributed by atoms with Crippen molar-refractivity contribution in [3.05, 3.63) is 63.2 Å². The van der Waals surface area contributed by atoms with Gasteiger partial charge in [-0.05, 0) is 55.7 Å². The number of aromatic nitrogens is 2. The number of rotatable bonds is 6. The molecule has 2 aromatic carbocycles. The second kappa shape index (κ2) is 8.29. The third-order valence-corrected chi connectivity index (χ3v) is 5.13. The van der Waals surface area contributed by atoms with Gasteiger partial charge in [-0.25, -0.2) is 4.98 Å². The third-order valence-electron chi connectivity index (χ3n) is 4.90. The van der Waals surface area contributed by atoms with Crippen LogP contribution in [-0.2, 0) is 6.54 Å². The number of halogens is 1. The number of allylic oxidation sites excluding steroid dienone is 1.